The quantitative estimate of drug-likeness (QED) is 0.252. The first-order chi connectivity index (χ1) is 14.1. The lowest BCUT2D eigenvalue weighted by Crippen LogP contribution is -2.21. The average Bonchev–Trinajstić information content (AvgIpc) is 3.13. The smallest absolute Gasteiger partial charge is 0.208 e. The summed E-state index contributed by atoms with van der Waals surface area (Å²) in [6.45, 7) is 1.91. The fourth-order valence-electron chi connectivity index (χ4n) is 2.97. The number of rotatable bonds is 6. The predicted molar refractivity (Wildman–Crippen MR) is 125 cm³/mol. The van der Waals surface area contributed by atoms with E-state index in [4.69, 9.17) is 22.6 Å². The summed E-state index contributed by atoms with van der Waals surface area (Å²) >= 11 is 2.52. The van der Waals surface area contributed by atoms with Crippen molar-refractivity contribution in [2.24, 2.45) is 22.2 Å². The van der Waals surface area contributed by atoms with E-state index >= 15 is 0 Å². The molecule has 1 heterocycles. The molecule has 0 aliphatic heterocycles. The van der Waals surface area contributed by atoms with Crippen molar-refractivity contribution in [3.63, 3.8) is 0 Å². The monoisotopic (exact) mass is 459 g/mol. The van der Waals surface area contributed by atoms with E-state index in [2.05, 4.69) is 4.99 Å². The lowest BCUT2D eigenvalue weighted by Gasteiger charge is -2.10. The first-order valence-electron chi connectivity index (χ1n) is 8.71. The lowest BCUT2D eigenvalue weighted by atomic mass is 10.0. The molecule has 0 bridgehead atoms. The molecule has 0 fully saturated rings. The van der Waals surface area contributed by atoms with Crippen LogP contribution in [-0.4, -0.2) is 26.5 Å². The Morgan fingerprint density at radius 2 is 1.83 bits per heavy atom. The van der Waals surface area contributed by atoms with E-state index < -0.39 is 9.84 Å². The van der Waals surface area contributed by atoms with Gasteiger partial charge in [-0.1, -0.05) is 18.2 Å². The number of thioether (sulfide) groups is 1. The molecule has 0 aliphatic rings. The normalized spacial score (nSPS) is 11.3. The number of hydrogen-bond donors (Lipinski definition) is 4. The van der Waals surface area contributed by atoms with Crippen molar-refractivity contribution in [3.05, 3.63) is 59.0 Å². The maximum atomic E-state index is 13.3. The molecule has 3 rings (SSSR count). The number of thiophene rings is 1. The van der Waals surface area contributed by atoms with Crippen LogP contribution in [-0.2, 0) is 9.84 Å². The molecular weight excluding hydrogens is 438 g/mol. The maximum absolute atomic E-state index is 13.3. The standard InChI is InChI=1S/C20H21N5O2S3/c1-11-8-13(25-20(23)24)6-7-15(11)12-4-3-5-14(9-12)30(26,27)17-10-16(18(21)22)29-19(17)28-2/h3-10H,1-2H3,(H3,21,22)(H4,23,24,25). The largest absolute Gasteiger partial charge is 0.383 e. The summed E-state index contributed by atoms with van der Waals surface area (Å²) in [5.41, 5.74) is 19.6. The number of nitrogens with two attached hydrogens (primary N) is 3. The van der Waals surface area contributed by atoms with E-state index in [0.29, 0.717) is 14.8 Å². The molecule has 1 aromatic heterocycles. The van der Waals surface area contributed by atoms with Crippen molar-refractivity contribution < 1.29 is 8.42 Å². The zero-order valence-corrected chi connectivity index (χ0v) is 18.8. The molecule has 0 spiro atoms. The average molecular weight is 460 g/mol. The van der Waals surface area contributed by atoms with E-state index in [1.165, 1.54) is 29.2 Å². The number of nitrogen functional groups attached to an aromatic ring is 1. The van der Waals surface area contributed by atoms with Crippen LogP contribution in [0.1, 0.15) is 10.4 Å². The second kappa shape index (κ2) is 8.50. The van der Waals surface area contributed by atoms with Gasteiger partial charge in [-0.05, 0) is 60.2 Å². The number of nitrogens with zero attached hydrogens (tertiary/aromatic N) is 1. The summed E-state index contributed by atoms with van der Waals surface area (Å²) in [6.07, 6.45) is 1.80. The van der Waals surface area contributed by atoms with Crippen LogP contribution in [0.4, 0.5) is 5.69 Å². The molecule has 0 amide bonds. The van der Waals surface area contributed by atoms with Gasteiger partial charge in [0.25, 0.3) is 0 Å². The highest BCUT2D eigenvalue weighted by Crippen LogP contribution is 2.38. The number of benzene rings is 2. The SMILES string of the molecule is CSc1sc(C(=N)N)cc1S(=O)(=O)c1cccc(-c2ccc(N=C(N)N)cc2C)c1. The Morgan fingerprint density at radius 3 is 2.43 bits per heavy atom. The van der Waals surface area contributed by atoms with Crippen LogP contribution in [0.2, 0.25) is 0 Å². The Morgan fingerprint density at radius 1 is 1.10 bits per heavy atom. The summed E-state index contributed by atoms with van der Waals surface area (Å²) in [6, 6.07) is 13.7. The molecule has 3 aromatic rings. The van der Waals surface area contributed by atoms with E-state index in [9.17, 15) is 8.42 Å². The highest BCUT2D eigenvalue weighted by atomic mass is 32.2. The number of aliphatic imine (C=N–C) groups is 1. The first-order valence-corrected chi connectivity index (χ1v) is 12.2. The first kappa shape index (κ1) is 21.9. The van der Waals surface area contributed by atoms with Gasteiger partial charge in [0.15, 0.2) is 5.96 Å². The third-order valence-corrected chi connectivity index (χ3v) is 8.67. The molecule has 0 radical (unpaired) electrons. The van der Waals surface area contributed by atoms with Gasteiger partial charge in [-0.25, -0.2) is 13.4 Å². The Kier molecular flexibility index (Phi) is 6.20. The number of aryl methyl sites for hydroxylation is 1. The summed E-state index contributed by atoms with van der Waals surface area (Å²) in [5, 5.41) is 7.62. The molecule has 30 heavy (non-hydrogen) atoms. The molecule has 156 valence electrons. The Bertz CT molecular complexity index is 1260. The van der Waals surface area contributed by atoms with Gasteiger partial charge in [-0.3, -0.25) is 5.41 Å². The van der Waals surface area contributed by atoms with Crippen LogP contribution < -0.4 is 17.2 Å². The van der Waals surface area contributed by atoms with Gasteiger partial charge in [-0.2, -0.15) is 0 Å². The molecule has 7 N–H and O–H groups in total. The third kappa shape index (κ3) is 4.35. The zero-order chi connectivity index (χ0) is 22.1. The van der Waals surface area contributed by atoms with Crippen molar-refractivity contribution in [1.29, 1.82) is 5.41 Å². The van der Waals surface area contributed by atoms with Gasteiger partial charge in [0.2, 0.25) is 9.84 Å². The number of sulfone groups is 1. The van der Waals surface area contributed by atoms with Gasteiger partial charge in [0, 0.05) is 0 Å². The molecule has 0 aliphatic carbocycles. The van der Waals surface area contributed by atoms with Gasteiger partial charge in [0.1, 0.15) is 5.84 Å². The minimum absolute atomic E-state index is 0.0273. The van der Waals surface area contributed by atoms with Crippen LogP contribution in [0, 0.1) is 12.3 Å². The molecule has 0 atom stereocenters. The van der Waals surface area contributed by atoms with Crippen molar-refractivity contribution in [2.75, 3.05) is 6.26 Å². The second-order valence-corrected chi connectivity index (χ2v) is 10.5. The predicted octanol–water partition coefficient (Wildman–Crippen LogP) is 3.47. The Hall–Kier alpha value is -2.82. The molecule has 10 heteroatoms. The molecule has 0 unspecified atom stereocenters. The van der Waals surface area contributed by atoms with Gasteiger partial charge in [-0.15, -0.1) is 23.1 Å². The van der Waals surface area contributed by atoms with Gasteiger partial charge < -0.3 is 17.2 Å². The van der Waals surface area contributed by atoms with E-state index in [-0.39, 0.29) is 21.6 Å². The lowest BCUT2D eigenvalue weighted by molar-refractivity contribution is 0.595. The topological polar surface area (TPSA) is 148 Å². The summed E-state index contributed by atoms with van der Waals surface area (Å²) in [4.78, 5) is 4.81. The fourth-order valence-corrected chi connectivity index (χ4v) is 6.87. The Balaban J connectivity index is 2.08. The van der Waals surface area contributed by atoms with Crippen LogP contribution in [0.3, 0.4) is 0 Å². The summed E-state index contributed by atoms with van der Waals surface area (Å²) < 4.78 is 27.3. The van der Waals surface area contributed by atoms with Crippen LogP contribution >= 0.6 is 23.1 Å². The van der Waals surface area contributed by atoms with Crippen LogP contribution in [0.5, 0.6) is 0 Å². The van der Waals surface area contributed by atoms with Crippen molar-refractivity contribution in [1.82, 2.24) is 0 Å². The Labute approximate surface area is 183 Å². The second-order valence-electron chi connectivity index (χ2n) is 6.45. The number of amidine groups is 1. The molecule has 2 aromatic carbocycles. The summed E-state index contributed by atoms with van der Waals surface area (Å²) in [5.74, 6) is -0.178. The highest BCUT2D eigenvalue weighted by Gasteiger charge is 2.25. The number of hydrogen-bond acceptors (Lipinski definition) is 6. The molecular formula is C20H21N5O2S3. The minimum atomic E-state index is -3.78. The maximum Gasteiger partial charge on any atom is 0.208 e. The molecule has 7 nitrogen and oxygen atoms in total. The van der Waals surface area contributed by atoms with Gasteiger partial charge >= 0.3 is 0 Å². The third-order valence-electron chi connectivity index (χ3n) is 4.33. The van der Waals surface area contributed by atoms with Crippen LogP contribution in [0.15, 0.2) is 67.5 Å². The van der Waals surface area contributed by atoms with Crippen molar-refractivity contribution in [3.8, 4) is 11.1 Å². The van der Waals surface area contributed by atoms with Crippen molar-refractivity contribution in [2.45, 2.75) is 20.9 Å². The zero-order valence-electron chi connectivity index (χ0n) is 16.3. The van der Waals surface area contributed by atoms with Gasteiger partial charge in [0.05, 0.1) is 24.6 Å². The number of nitrogens with one attached hydrogen (secondary N) is 1. The van der Waals surface area contributed by atoms with E-state index in [1.807, 2.05) is 25.1 Å². The number of guanidine groups is 1. The highest BCUT2D eigenvalue weighted by molar-refractivity contribution is 8.01. The van der Waals surface area contributed by atoms with Crippen molar-refractivity contribution >= 4 is 50.4 Å². The molecule has 0 saturated carbocycles. The minimum Gasteiger partial charge on any atom is -0.383 e. The fraction of sp³-hybridized carbons (Fsp3) is 0.100. The molecule has 0 saturated heterocycles. The van der Waals surface area contributed by atoms with Crippen LogP contribution in [0.25, 0.3) is 11.1 Å². The van der Waals surface area contributed by atoms with E-state index in [0.717, 1.165) is 16.7 Å². The summed E-state index contributed by atoms with van der Waals surface area (Å²) in [7, 11) is -3.78. The van der Waals surface area contributed by atoms with E-state index in [1.54, 1.807) is 30.5 Å².